The van der Waals surface area contributed by atoms with Crippen molar-refractivity contribution in [2.75, 3.05) is 5.32 Å². The fourth-order valence-corrected chi connectivity index (χ4v) is 6.34. The average molecular weight is 439 g/mol. The van der Waals surface area contributed by atoms with E-state index in [4.69, 9.17) is 0 Å². The van der Waals surface area contributed by atoms with Crippen LogP contribution < -0.4 is 5.32 Å². The van der Waals surface area contributed by atoms with Crippen molar-refractivity contribution in [1.82, 2.24) is 4.90 Å². The van der Waals surface area contributed by atoms with Gasteiger partial charge in [-0.1, -0.05) is 43.2 Å². The Balaban J connectivity index is 1.52. The van der Waals surface area contributed by atoms with Crippen LogP contribution in [0, 0.1) is 0 Å². The zero-order valence-electron chi connectivity index (χ0n) is 17.5. The van der Waals surface area contributed by atoms with Gasteiger partial charge in [0.15, 0.2) is 9.84 Å². The lowest BCUT2D eigenvalue weighted by atomic mass is 9.93. The molecule has 1 aliphatic carbocycles. The number of nitrogens with zero attached hydrogens (tertiary/aromatic N) is 1. The standard InChI is InChI=1S/C24H26N2O4S/c1-17(27)26-14-13-18-7-2-5-12-22(18)23(26)16-24(28)25-19-8-6-11-21(15-19)31(29,30)20-9-3-4-10-20/h2,5-8,11-15,20,23H,3-4,9-10,16H2,1H3,(H,25,28)/t23-/m0/s1. The van der Waals surface area contributed by atoms with E-state index in [1.54, 1.807) is 29.3 Å². The predicted octanol–water partition coefficient (Wildman–Crippen LogP) is 4.31. The van der Waals surface area contributed by atoms with E-state index in [0.717, 1.165) is 24.0 Å². The molecule has 4 rings (SSSR count). The number of fused-ring (bicyclic) bond motifs is 1. The van der Waals surface area contributed by atoms with Crippen molar-refractivity contribution in [3.8, 4) is 0 Å². The summed E-state index contributed by atoms with van der Waals surface area (Å²) in [6.45, 7) is 1.47. The minimum atomic E-state index is -3.40. The van der Waals surface area contributed by atoms with Gasteiger partial charge in [-0.05, 0) is 48.2 Å². The zero-order valence-corrected chi connectivity index (χ0v) is 18.3. The van der Waals surface area contributed by atoms with Gasteiger partial charge in [0, 0.05) is 18.8 Å². The highest BCUT2D eigenvalue weighted by Crippen LogP contribution is 2.34. The summed E-state index contributed by atoms with van der Waals surface area (Å²) in [5.41, 5.74) is 2.33. The molecule has 1 aliphatic heterocycles. The molecule has 2 aromatic rings. The highest BCUT2D eigenvalue weighted by molar-refractivity contribution is 7.92. The van der Waals surface area contributed by atoms with Crippen LogP contribution in [0.1, 0.15) is 56.2 Å². The van der Waals surface area contributed by atoms with Crippen LogP contribution in [0.5, 0.6) is 0 Å². The van der Waals surface area contributed by atoms with Crippen LogP contribution in [-0.2, 0) is 19.4 Å². The molecule has 7 heteroatoms. The Hall–Kier alpha value is -2.93. The molecule has 162 valence electrons. The van der Waals surface area contributed by atoms with E-state index in [2.05, 4.69) is 5.32 Å². The molecular weight excluding hydrogens is 412 g/mol. The monoisotopic (exact) mass is 438 g/mol. The van der Waals surface area contributed by atoms with Gasteiger partial charge >= 0.3 is 0 Å². The van der Waals surface area contributed by atoms with Crippen molar-refractivity contribution in [3.63, 3.8) is 0 Å². The van der Waals surface area contributed by atoms with Crippen molar-refractivity contribution in [1.29, 1.82) is 0 Å². The van der Waals surface area contributed by atoms with Gasteiger partial charge < -0.3 is 10.2 Å². The molecule has 0 unspecified atom stereocenters. The van der Waals surface area contributed by atoms with Crippen molar-refractivity contribution in [3.05, 3.63) is 65.9 Å². The summed E-state index contributed by atoms with van der Waals surface area (Å²) in [5, 5.41) is 2.48. The predicted molar refractivity (Wildman–Crippen MR) is 120 cm³/mol. The fraction of sp³-hybridized carbons (Fsp3) is 0.333. The number of benzene rings is 2. The summed E-state index contributed by atoms with van der Waals surface area (Å²) in [6.07, 6.45) is 6.89. The van der Waals surface area contributed by atoms with Crippen molar-refractivity contribution < 1.29 is 18.0 Å². The minimum Gasteiger partial charge on any atom is -0.326 e. The summed E-state index contributed by atoms with van der Waals surface area (Å²) in [6, 6.07) is 13.7. The molecule has 2 aromatic carbocycles. The molecule has 0 radical (unpaired) electrons. The maximum absolute atomic E-state index is 12.9. The van der Waals surface area contributed by atoms with E-state index in [-0.39, 0.29) is 28.4 Å². The molecule has 6 nitrogen and oxygen atoms in total. The van der Waals surface area contributed by atoms with Gasteiger partial charge in [0.05, 0.1) is 22.6 Å². The molecule has 1 saturated carbocycles. The van der Waals surface area contributed by atoms with Gasteiger partial charge in [-0.15, -0.1) is 0 Å². The quantitative estimate of drug-likeness (QED) is 0.754. The summed E-state index contributed by atoms with van der Waals surface area (Å²) >= 11 is 0. The van der Waals surface area contributed by atoms with Crippen molar-refractivity contribution >= 4 is 33.4 Å². The lowest BCUT2D eigenvalue weighted by molar-refractivity contribution is -0.129. The molecule has 31 heavy (non-hydrogen) atoms. The molecule has 1 N–H and O–H groups in total. The Labute approximate surface area is 182 Å². The second kappa shape index (κ2) is 8.67. The van der Waals surface area contributed by atoms with Crippen LogP contribution in [0.4, 0.5) is 5.69 Å². The maximum Gasteiger partial charge on any atom is 0.226 e. The first kappa shape index (κ1) is 21.3. The minimum absolute atomic E-state index is 0.0700. The molecule has 2 amide bonds. The molecule has 0 bridgehead atoms. The van der Waals surface area contributed by atoms with E-state index in [9.17, 15) is 18.0 Å². The van der Waals surface area contributed by atoms with Crippen LogP contribution in [0.2, 0.25) is 0 Å². The third-order valence-corrected chi connectivity index (χ3v) is 8.30. The Bertz CT molecular complexity index is 1130. The fourth-order valence-electron chi connectivity index (χ4n) is 4.44. The smallest absolute Gasteiger partial charge is 0.226 e. The number of amides is 2. The van der Waals surface area contributed by atoms with Crippen molar-refractivity contribution in [2.24, 2.45) is 0 Å². The van der Waals surface area contributed by atoms with Gasteiger partial charge in [-0.3, -0.25) is 9.59 Å². The number of carbonyl (C=O) groups excluding carboxylic acids is 2. The van der Waals surface area contributed by atoms with Crippen LogP contribution in [-0.4, -0.2) is 30.4 Å². The first-order chi connectivity index (χ1) is 14.9. The number of anilines is 1. The Morgan fingerprint density at radius 3 is 2.55 bits per heavy atom. The number of hydrogen-bond acceptors (Lipinski definition) is 4. The normalized spacial score (nSPS) is 18.6. The topological polar surface area (TPSA) is 83.6 Å². The first-order valence-corrected chi connectivity index (χ1v) is 12.1. The van der Waals surface area contributed by atoms with Gasteiger partial charge in [-0.25, -0.2) is 8.42 Å². The third kappa shape index (κ3) is 4.42. The second-order valence-corrected chi connectivity index (χ2v) is 10.3. The molecule has 0 aromatic heterocycles. The molecule has 2 aliphatic rings. The summed E-state index contributed by atoms with van der Waals surface area (Å²) in [4.78, 5) is 26.8. The summed E-state index contributed by atoms with van der Waals surface area (Å²) in [7, 11) is -3.40. The Kier molecular flexibility index (Phi) is 5.96. The van der Waals surface area contributed by atoms with E-state index in [0.29, 0.717) is 18.5 Å². The average Bonchev–Trinajstić information content (AvgIpc) is 3.30. The third-order valence-electron chi connectivity index (χ3n) is 6.04. The van der Waals surface area contributed by atoms with Gasteiger partial charge in [0.25, 0.3) is 0 Å². The molecule has 0 spiro atoms. The number of carbonyl (C=O) groups is 2. The molecular formula is C24H26N2O4S. The van der Waals surface area contributed by atoms with Crippen LogP contribution in [0.3, 0.4) is 0 Å². The van der Waals surface area contributed by atoms with E-state index >= 15 is 0 Å². The number of hydrogen-bond donors (Lipinski definition) is 1. The van der Waals surface area contributed by atoms with E-state index in [1.807, 2.05) is 30.3 Å². The van der Waals surface area contributed by atoms with Crippen LogP contribution in [0.15, 0.2) is 59.6 Å². The van der Waals surface area contributed by atoms with Crippen LogP contribution >= 0.6 is 0 Å². The second-order valence-electron chi connectivity index (χ2n) is 8.12. The van der Waals surface area contributed by atoms with Crippen molar-refractivity contribution in [2.45, 2.75) is 55.2 Å². The van der Waals surface area contributed by atoms with Gasteiger partial charge in [0.2, 0.25) is 11.8 Å². The molecule has 1 atom stereocenters. The number of nitrogens with one attached hydrogen (secondary N) is 1. The van der Waals surface area contributed by atoms with E-state index in [1.165, 1.54) is 13.0 Å². The molecule has 1 fully saturated rings. The zero-order chi connectivity index (χ0) is 22.0. The first-order valence-electron chi connectivity index (χ1n) is 10.6. The Morgan fingerprint density at radius 2 is 1.81 bits per heavy atom. The highest BCUT2D eigenvalue weighted by Gasteiger charge is 2.31. The Morgan fingerprint density at radius 1 is 1.06 bits per heavy atom. The SMILES string of the molecule is CC(=O)N1C=Cc2ccccc2[C@@H]1CC(=O)Nc1cccc(S(=O)(=O)C2CCCC2)c1. The highest BCUT2D eigenvalue weighted by atomic mass is 32.2. The van der Waals surface area contributed by atoms with Gasteiger partial charge in [0.1, 0.15) is 0 Å². The number of rotatable bonds is 5. The van der Waals surface area contributed by atoms with Crippen LogP contribution in [0.25, 0.3) is 6.08 Å². The summed E-state index contributed by atoms with van der Waals surface area (Å²) in [5.74, 6) is -0.426. The number of sulfone groups is 1. The molecule has 0 saturated heterocycles. The maximum atomic E-state index is 12.9. The largest absolute Gasteiger partial charge is 0.326 e. The van der Waals surface area contributed by atoms with Gasteiger partial charge in [-0.2, -0.15) is 0 Å². The summed E-state index contributed by atoms with van der Waals surface area (Å²) < 4.78 is 25.8. The lowest BCUT2D eigenvalue weighted by Crippen LogP contribution is -2.33. The lowest BCUT2D eigenvalue weighted by Gasteiger charge is -2.32. The molecule has 1 heterocycles. The van der Waals surface area contributed by atoms with E-state index < -0.39 is 15.9 Å².